The topological polar surface area (TPSA) is 65.6 Å². The molecule has 0 aliphatic carbocycles. The number of fused-ring (bicyclic) bond motifs is 3. The molecule has 1 aromatic heterocycles. The number of carbonyl (C=O) groups is 1. The first-order chi connectivity index (χ1) is 15.9. The Morgan fingerprint density at radius 1 is 0.879 bits per heavy atom. The van der Waals surface area contributed by atoms with E-state index in [9.17, 15) is 9.59 Å². The van der Waals surface area contributed by atoms with Crippen LogP contribution in [0.1, 0.15) is 15.9 Å². The average Bonchev–Trinajstić information content (AvgIpc) is 2.81. The minimum atomic E-state index is -0.419. The highest BCUT2D eigenvalue weighted by Crippen LogP contribution is 2.32. The lowest BCUT2D eigenvalue weighted by atomic mass is 9.94. The molecule has 0 radical (unpaired) electrons. The molecule has 33 heavy (non-hydrogen) atoms. The zero-order valence-electron chi connectivity index (χ0n) is 19.5. The average molecular weight is 444 g/mol. The minimum absolute atomic E-state index is 0.208. The fourth-order valence-corrected chi connectivity index (χ4v) is 4.10. The number of nitrogens with one attached hydrogen (secondary N) is 1. The SMILES string of the molecule is COC(=O)c1cc2cc(=O)[nH]cc2c2cc(-c3ccc(CN(C)CCN(C)C)cc3)ccc12. The van der Waals surface area contributed by atoms with Gasteiger partial charge in [-0.25, -0.2) is 4.79 Å². The zero-order chi connectivity index (χ0) is 23.5. The lowest BCUT2D eigenvalue weighted by Gasteiger charge is -2.19. The molecule has 0 fully saturated rings. The molecule has 0 aliphatic rings. The summed E-state index contributed by atoms with van der Waals surface area (Å²) in [5.74, 6) is -0.419. The lowest BCUT2D eigenvalue weighted by Crippen LogP contribution is -2.28. The largest absolute Gasteiger partial charge is 0.465 e. The molecule has 0 amide bonds. The highest BCUT2D eigenvalue weighted by Gasteiger charge is 2.15. The van der Waals surface area contributed by atoms with Crippen molar-refractivity contribution in [3.05, 3.63) is 82.3 Å². The Hall–Kier alpha value is -3.48. The van der Waals surface area contributed by atoms with E-state index in [4.69, 9.17) is 4.74 Å². The summed E-state index contributed by atoms with van der Waals surface area (Å²) in [6, 6.07) is 17.8. The van der Waals surface area contributed by atoms with Crippen molar-refractivity contribution < 1.29 is 9.53 Å². The second kappa shape index (κ2) is 9.57. The first kappa shape index (κ1) is 22.7. The predicted octanol–water partition coefficient (Wildman–Crippen LogP) is 4.13. The Labute approximate surface area is 193 Å². The second-order valence-corrected chi connectivity index (χ2v) is 8.71. The van der Waals surface area contributed by atoms with Crippen molar-refractivity contribution in [2.75, 3.05) is 41.3 Å². The maximum absolute atomic E-state index is 12.4. The van der Waals surface area contributed by atoms with Crippen molar-refractivity contribution in [1.82, 2.24) is 14.8 Å². The number of carbonyl (C=O) groups excluding carboxylic acids is 1. The van der Waals surface area contributed by atoms with Crippen LogP contribution in [0.3, 0.4) is 0 Å². The second-order valence-electron chi connectivity index (χ2n) is 8.71. The van der Waals surface area contributed by atoms with Gasteiger partial charge >= 0.3 is 5.97 Å². The number of rotatable bonds is 7. The smallest absolute Gasteiger partial charge is 0.338 e. The van der Waals surface area contributed by atoms with Gasteiger partial charge in [0.1, 0.15) is 0 Å². The fourth-order valence-electron chi connectivity index (χ4n) is 4.10. The summed E-state index contributed by atoms with van der Waals surface area (Å²) in [4.78, 5) is 31.5. The van der Waals surface area contributed by atoms with Gasteiger partial charge < -0.3 is 19.5 Å². The standard InChI is InChI=1S/C27H29N3O3/c1-29(2)11-12-30(3)17-18-5-7-19(8-6-18)20-9-10-22-23(13-20)25-16-28-26(31)15-21(25)14-24(22)27(32)33-4/h5-10,13-16H,11-12,17H2,1-4H3,(H,28,31). The summed E-state index contributed by atoms with van der Waals surface area (Å²) < 4.78 is 4.98. The number of likely N-dealkylation sites (N-methyl/N-ethyl adjacent to an activating group) is 2. The molecule has 4 aromatic rings. The monoisotopic (exact) mass is 443 g/mol. The molecular weight excluding hydrogens is 414 g/mol. The molecule has 0 unspecified atom stereocenters. The normalized spacial score (nSPS) is 11.6. The third-order valence-corrected chi connectivity index (χ3v) is 5.93. The molecular formula is C27H29N3O3. The highest BCUT2D eigenvalue weighted by molar-refractivity contribution is 6.16. The molecule has 170 valence electrons. The third-order valence-electron chi connectivity index (χ3n) is 5.93. The van der Waals surface area contributed by atoms with Gasteiger partial charge in [-0.15, -0.1) is 0 Å². The van der Waals surface area contributed by atoms with Crippen LogP contribution in [0.25, 0.3) is 32.7 Å². The van der Waals surface area contributed by atoms with Crippen molar-refractivity contribution in [2.24, 2.45) is 0 Å². The number of benzene rings is 3. The van der Waals surface area contributed by atoms with E-state index in [0.717, 1.165) is 46.9 Å². The third kappa shape index (κ3) is 4.97. The number of hydrogen-bond acceptors (Lipinski definition) is 5. The number of aromatic nitrogens is 1. The van der Waals surface area contributed by atoms with E-state index in [0.29, 0.717) is 10.9 Å². The van der Waals surface area contributed by atoms with Gasteiger partial charge in [0.2, 0.25) is 5.56 Å². The molecule has 3 aromatic carbocycles. The van der Waals surface area contributed by atoms with Gasteiger partial charge in [-0.3, -0.25) is 4.79 Å². The minimum Gasteiger partial charge on any atom is -0.465 e. The molecule has 0 aliphatic heterocycles. The Bertz CT molecular complexity index is 1360. The predicted molar refractivity (Wildman–Crippen MR) is 134 cm³/mol. The number of H-pyrrole nitrogens is 1. The van der Waals surface area contributed by atoms with Gasteiger partial charge in [-0.2, -0.15) is 0 Å². The van der Waals surface area contributed by atoms with Crippen molar-refractivity contribution in [1.29, 1.82) is 0 Å². The van der Waals surface area contributed by atoms with E-state index < -0.39 is 5.97 Å². The summed E-state index contributed by atoms with van der Waals surface area (Å²) in [5.41, 5.74) is 3.65. The van der Waals surface area contributed by atoms with Crippen LogP contribution in [-0.4, -0.2) is 62.1 Å². The summed E-state index contributed by atoms with van der Waals surface area (Å²) in [7, 11) is 7.67. The molecule has 1 heterocycles. The number of aromatic amines is 1. The van der Waals surface area contributed by atoms with Crippen LogP contribution in [0.5, 0.6) is 0 Å². The van der Waals surface area contributed by atoms with Gasteiger partial charge in [0.15, 0.2) is 0 Å². The van der Waals surface area contributed by atoms with Crippen LogP contribution in [0.2, 0.25) is 0 Å². The number of hydrogen-bond donors (Lipinski definition) is 1. The molecule has 0 bridgehead atoms. The van der Waals surface area contributed by atoms with E-state index in [2.05, 4.69) is 66.3 Å². The zero-order valence-corrected chi connectivity index (χ0v) is 19.5. The molecule has 0 atom stereocenters. The van der Waals surface area contributed by atoms with E-state index in [1.807, 2.05) is 12.1 Å². The van der Waals surface area contributed by atoms with Crippen LogP contribution >= 0.6 is 0 Å². The molecule has 0 spiro atoms. The van der Waals surface area contributed by atoms with Crippen LogP contribution in [-0.2, 0) is 11.3 Å². The molecule has 6 nitrogen and oxygen atoms in total. The van der Waals surface area contributed by atoms with Crippen LogP contribution in [0.4, 0.5) is 0 Å². The van der Waals surface area contributed by atoms with Gasteiger partial charge in [0, 0.05) is 37.3 Å². The highest BCUT2D eigenvalue weighted by atomic mass is 16.5. The summed E-state index contributed by atoms with van der Waals surface area (Å²) in [5, 5.41) is 3.29. The van der Waals surface area contributed by atoms with Crippen LogP contribution < -0.4 is 5.56 Å². The van der Waals surface area contributed by atoms with E-state index >= 15 is 0 Å². The van der Waals surface area contributed by atoms with Crippen LogP contribution in [0, 0.1) is 0 Å². The Morgan fingerprint density at radius 2 is 1.61 bits per heavy atom. The number of ether oxygens (including phenoxy) is 1. The van der Waals surface area contributed by atoms with Gasteiger partial charge in [0.25, 0.3) is 0 Å². The number of pyridine rings is 1. The summed E-state index contributed by atoms with van der Waals surface area (Å²) in [6.45, 7) is 2.93. The van der Waals surface area contributed by atoms with Gasteiger partial charge in [-0.1, -0.05) is 36.4 Å². The van der Waals surface area contributed by atoms with E-state index in [-0.39, 0.29) is 5.56 Å². The van der Waals surface area contributed by atoms with Crippen molar-refractivity contribution in [3.63, 3.8) is 0 Å². The summed E-state index contributed by atoms with van der Waals surface area (Å²) in [6.07, 6.45) is 1.71. The molecule has 0 saturated carbocycles. The maximum atomic E-state index is 12.4. The van der Waals surface area contributed by atoms with Gasteiger partial charge in [0.05, 0.1) is 12.7 Å². The molecule has 6 heteroatoms. The Balaban J connectivity index is 1.71. The molecule has 1 N–H and O–H groups in total. The summed E-state index contributed by atoms with van der Waals surface area (Å²) >= 11 is 0. The Kier molecular flexibility index (Phi) is 6.58. The first-order valence-electron chi connectivity index (χ1n) is 11.0. The van der Waals surface area contributed by atoms with E-state index in [1.165, 1.54) is 18.7 Å². The number of methoxy groups -OCH3 is 1. The molecule has 4 rings (SSSR count). The lowest BCUT2D eigenvalue weighted by molar-refractivity contribution is 0.0603. The van der Waals surface area contributed by atoms with Crippen LogP contribution in [0.15, 0.2) is 65.6 Å². The van der Waals surface area contributed by atoms with E-state index in [1.54, 1.807) is 12.3 Å². The van der Waals surface area contributed by atoms with Crippen molar-refractivity contribution in [3.8, 4) is 11.1 Å². The number of nitrogens with zero attached hydrogens (tertiary/aromatic N) is 2. The number of esters is 1. The van der Waals surface area contributed by atoms with Crippen molar-refractivity contribution in [2.45, 2.75) is 6.54 Å². The first-order valence-corrected chi connectivity index (χ1v) is 11.0. The quantitative estimate of drug-likeness (QED) is 0.344. The fraction of sp³-hybridized carbons (Fsp3) is 0.259. The molecule has 0 saturated heterocycles. The maximum Gasteiger partial charge on any atom is 0.338 e. The van der Waals surface area contributed by atoms with Crippen molar-refractivity contribution >= 4 is 27.5 Å². The van der Waals surface area contributed by atoms with Gasteiger partial charge in [-0.05, 0) is 66.1 Å². The Morgan fingerprint density at radius 3 is 2.30 bits per heavy atom.